The molecule has 0 unspecified atom stereocenters. The number of nitrogens with zero attached hydrogens (tertiary/aromatic N) is 3. The molecule has 0 amide bonds. The lowest BCUT2D eigenvalue weighted by molar-refractivity contribution is -0.140. The number of benzene rings is 2. The summed E-state index contributed by atoms with van der Waals surface area (Å²) in [6.07, 6.45) is 3.89. The molecule has 1 N–H and O–H groups in total. The maximum absolute atomic E-state index is 12.3. The molecule has 0 spiro atoms. The van der Waals surface area contributed by atoms with E-state index in [2.05, 4.69) is 19.9 Å². The number of hydrogen-bond donors (Lipinski definition) is 1. The summed E-state index contributed by atoms with van der Waals surface area (Å²) in [6.45, 7) is 1.20. The summed E-state index contributed by atoms with van der Waals surface area (Å²) in [4.78, 5) is 13.5. The van der Waals surface area contributed by atoms with Gasteiger partial charge in [-0.1, -0.05) is 12.8 Å². The van der Waals surface area contributed by atoms with E-state index in [9.17, 15) is 13.2 Å². The Hall–Kier alpha value is -2.78. The van der Waals surface area contributed by atoms with Crippen molar-refractivity contribution in [1.82, 2.24) is 0 Å². The van der Waals surface area contributed by atoms with Gasteiger partial charge in [-0.2, -0.15) is 10.2 Å². The topological polar surface area (TPSA) is 109 Å². The standard InChI is InChI=1S/C23H31N3O5S/c1-26(16-5-3-4-6-17-27)21-11-7-19(8-12-21)24-25-20-9-13-22(14-10-20)32(29,30)18-15-23(28)31-2/h7-14,27H,3-6,15-18H2,1-2H3. The number of rotatable bonds is 13. The Bertz CT molecular complexity index is 974. The lowest BCUT2D eigenvalue weighted by Gasteiger charge is -2.19. The molecule has 0 radical (unpaired) electrons. The zero-order valence-electron chi connectivity index (χ0n) is 18.6. The summed E-state index contributed by atoms with van der Waals surface area (Å²) < 4.78 is 29.0. The minimum Gasteiger partial charge on any atom is -0.469 e. The molecule has 174 valence electrons. The minimum absolute atomic E-state index is 0.129. The fourth-order valence-electron chi connectivity index (χ4n) is 2.99. The van der Waals surface area contributed by atoms with Crippen molar-refractivity contribution in [2.75, 3.05) is 38.0 Å². The third-order valence-electron chi connectivity index (χ3n) is 4.97. The Morgan fingerprint density at radius 2 is 1.50 bits per heavy atom. The average molecular weight is 462 g/mol. The number of methoxy groups -OCH3 is 1. The Morgan fingerprint density at radius 3 is 2.06 bits per heavy atom. The van der Waals surface area contributed by atoms with E-state index in [0.29, 0.717) is 11.4 Å². The van der Waals surface area contributed by atoms with Gasteiger partial charge in [-0.3, -0.25) is 4.79 Å². The van der Waals surface area contributed by atoms with Gasteiger partial charge in [0, 0.05) is 25.9 Å². The maximum Gasteiger partial charge on any atom is 0.306 e. The number of carbonyl (C=O) groups excluding carboxylic acids is 1. The fraction of sp³-hybridized carbons (Fsp3) is 0.435. The monoisotopic (exact) mass is 461 g/mol. The lowest BCUT2D eigenvalue weighted by Crippen LogP contribution is -2.18. The second kappa shape index (κ2) is 12.9. The van der Waals surface area contributed by atoms with Gasteiger partial charge in [0.25, 0.3) is 0 Å². The molecule has 0 bridgehead atoms. The summed E-state index contributed by atoms with van der Waals surface area (Å²) in [6, 6.07) is 13.8. The van der Waals surface area contributed by atoms with Crippen LogP contribution in [-0.4, -0.2) is 52.6 Å². The Kier molecular flexibility index (Phi) is 10.3. The predicted octanol–water partition coefficient (Wildman–Crippen LogP) is 4.43. The molecule has 2 rings (SSSR count). The number of carbonyl (C=O) groups is 1. The summed E-state index contributed by atoms with van der Waals surface area (Å²) in [5.74, 6) is -0.862. The number of aliphatic hydroxyl groups excluding tert-OH is 1. The molecule has 0 atom stereocenters. The summed E-state index contributed by atoms with van der Waals surface area (Å²) in [5, 5.41) is 17.2. The Balaban J connectivity index is 1.90. The average Bonchev–Trinajstić information content (AvgIpc) is 2.81. The third-order valence-corrected chi connectivity index (χ3v) is 6.70. The molecule has 8 nitrogen and oxygen atoms in total. The molecule has 2 aromatic rings. The highest BCUT2D eigenvalue weighted by Gasteiger charge is 2.16. The van der Waals surface area contributed by atoms with Crippen LogP contribution in [0, 0.1) is 0 Å². The molecular formula is C23H31N3O5S. The quantitative estimate of drug-likeness (QED) is 0.269. The molecule has 0 saturated heterocycles. The Labute approximate surface area is 189 Å². The van der Waals surface area contributed by atoms with Gasteiger partial charge in [-0.15, -0.1) is 0 Å². The predicted molar refractivity (Wildman–Crippen MR) is 125 cm³/mol. The van der Waals surface area contributed by atoms with Crippen molar-refractivity contribution in [2.45, 2.75) is 37.0 Å². The summed E-state index contributed by atoms with van der Waals surface area (Å²) in [7, 11) is -0.292. The molecule has 0 saturated carbocycles. The van der Waals surface area contributed by atoms with Gasteiger partial charge < -0.3 is 14.7 Å². The van der Waals surface area contributed by atoms with Crippen molar-refractivity contribution in [3.05, 3.63) is 48.5 Å². The van der Waals surface area contributed by atoms with Crippen LogP contribution in [0.25, 0.3) is 0 Å². The molecule has 0 aliphatic rings. The van der Waals surface area contributed by atoms with Crippen LogP contribution >= 0.6 is 0 Å². The van der Waals surface area contributed by atoms with Crippen molar-refractivity contribution in [3.8, 4) is 0 Å². The van der Waals surface area contributed by atoms with Crippen LogP contribution in [0.4, 0.5) is 17.1 Å². The molecule has 0 aliphatic heterocycles. The van der Waals surface area contributed by atoms with Crippen molar-refractivity contribution in [3.63, 3.8) is 0 Å². The second-order valence-corrected chi connectivity index (χ2v) is 9.52. The third kappa shape index (κ3) is 8.39. The van der Waals surface area contributed by atoms with E-state index in [1.165, 1.54) is 19.2 Å². The van der Waals surface area contributed by atoms with E-state index in [1.54, 1.807) is 12.1 Å². The normalized spacial score (nSPS) is 11.6. The molecule has 0 aliphatic carbocycles. The SMILES string of the molecule is COC(=O)CCS(=O)(=O)c1ccc(N=Nc2ccc(N(C)CCCCCCO)cc2)cc1. The van der Waals surface area contributed by atoms with Gasteiger partial charge in [0.1, 0.15) is 0 Å². The van der Waals surface area contributed by atoms with Crippen molar-refractivity contribution in [2.24, 2.45) is 10.2 Å². The Morgan fingerprint density at radius 1 is 0.938 bits per heavy atom. The number of esters is 1. The fourth-order valence-corrected chi connectivity index (χ4v) is 4.21. The van der Waals surface area contributed by atoms with E-state index in [1.807, 2.05) is 31.3 Å². The maximum atomic E-state index is 12.3. The number of anilines is 1. The van der Waals surface area contributed by atoms with Crippen LogP contribution in [0.1, 0.15) is 32.1 Å². The van der Waals surface area contributed by atoms with E-state index in [-0.39, 0.29) is 23.7 Å². The van der Waals surface area contributed by atoms with E-state index < -0.39 is 15.8 Å². The molecule has 2 aromatic carbocycles. The molecule has 9 heteroatoms. The van der Waals surface area contributed by atoms with Crippen LogP contribution in [0.15, 0.2) is 63.7 Å². The van der Waals surface area contributed by atoms with Gasteiger partial charge in [0.2, 0.25) is 0 Å². The van der Waals surface area contributed by atoms with Crippen molar-refractivity contribution in [1.29, 1.82) is 0 Å². The van der Waals surface area contributed by atoms with Gasteiger partial charge >= 0.3 is 5.97 Å². The highest BCUT2D eigenvalue weighted by molar-refractivity contribution is 7.91. The van der Waals surface area contributed by atoms with Gasteiger partial charge in [0.15, 0.2) is 9.84 Å². The zero-order valence-corrected chi connectivity index (χ0v) is 19.4. The number of azo groups is 1. The summed E-state index contributed by atoms with van der Waals surface area (Å²) >= 11 is 0. The highest BCUT2D eigenvalue weighted by atomic mass is 32.2. The molecule has 0 fully saturated rings. The van der Waals surface area contributed by atoms with Crippen LogP contribution in [-0.2, 0) is 19.4 Å². The first-order valence-corrected chi connectivity index (χ1v) is 12.2. The number of sulfone groups is 1. The minimum atomic E-state index is -3.56. The number of hydrogen-bond acceptors (Lipinski definition) is 8. The van der Waals surface area contributed by atoms with Crippen molar-refractivity contribution >= 4 is 32.9 Å². The lowest BCUT2D eigenvalue weighted by atomic mass is 10.2. The largest absolute Gasteiger partial charge is 0.469 e. The van der Waals surface area contributed by atoms with Crippen LogP contribution in [0.3, 0.4) is 0 Å². The van der Waals surface area contributed by atoms with E-state index >= 15 is 0 Å². The smallest absolute Gasteiger partial charge is 0.306 e. The number of ether oxygens (including phenoxy) is 1. The summed E-state index contributed by atoms with van der Waals surface area (Å²) in [5.41, 5.74) is 2.31. The molecule has 0 heterocycles. The van der Waals surface area contributed by atoms with Crippen LogP contribution in [0.5, 0.6) is 0 Å². The molecule has 0 aromatic heterocycles. The number of unbranched alkanes of at least 4 members (excludes halogenated alkanes) is 3. The van der Waals surface area contributed by atoms with Gasteiger partial charge in [-0.05, 0) is 61.4 Å². The second-order valence-electron chi connectivity index (χ2n) is 7.41. The first kappa shape index (κ1) is 25.5. The first-order chi connectivity index (χ1) is 15.4. The number of aliphatic hydroxyl groups is 1. The molecule has 32 heavy (non-hydrogen) atoms. The van der Waals surface area contributed by atoms with Gasteiger partial charge in [-0.25, -0.2) is 8.42 Å². The van der Waals surface area contributed by atoms with E-state index in [4.69, 9.17) is 5.11 Å². The first-order valence-electron chi connectivity index (χ1n) is 10.6. The highest BCUT2D eigenvalue weighted by Crippen LogP contribution is 2.23. The van der Waals surface area contributed by atoms with Crippen LogP contribution < -0.4 is 4.90 Å². The van der Waals surface area contributed by atoms with Crippen molar-refractivity contribution < 1.29 is 23.1 Å². The van der Waals surface area contributed by atoms with Gasteiger partial charge in [0.05, 0.1) is 35.6 Å². The van der Waals surface area contributed by atoms with E-state index in [0.717, 1.165) is 37.9 Å². The van der Waals surface area contributed by atoms with Crippen LogP contribution in [0.2, 0.25) is 0 Å². The molecular weight excluding hydrogens is 430 g/mol. The zero-order chi connectivity index (χ0) is 23.4.